The van der Waals surface area contributed by atoms with Gasteiger partial charge in [-0.3, -0.25) is 4.99 Å². The zero-order valence-electron chi connectivity index (χ0n) is 4.18. The Labute approximate surface area is 42.8 Å². The number of hydrogen-bond donors (Lipinski definition) is 0. The lowest BCUT2D eigenvalue weighted by molar-refractivity contribution is 1.46. The van der Waals surface area contributed by atoms with E-state index >= 15 is 0 Å². The van der Waals surface area contributed by atoms with Gasteiger partial charge in [0.05, 0.1) is 5.57 Å². The van der Waals surface area contributed by atoms with Crippen molar-refractivity contribution in [3.63, 3.8) is 0 Å². The molecule has 0 amide bonds. The van der Waals surface area contributed by atoms with Gasteiger partial charge in [-0.2, -0.15) is 5.26 Å². The second kappa shape index (κ2) is 3.10. The zero-order valence-corrected chi connectivity index (χ0v) is 4.18. The van der Waals surface area contributed by atoms with E-state index < -0.39 is 0 Å². The number of nitrogens with zero attached hydrogens (tertiary/aromatic N) is 2. The van der Waals surface area contributed by atoms with Gasteiger partial charge in [0.15, 0.2) is 0 Å². The highest BCUT2D eigenvalue weighted by Gasteiger charge is 1.75. The van der Waals surface area contributed by atoms with Gasteiger partial charge in [-0.15, -0.1) is 0 Å². The van der Waals surface area contributed by atoms with Crippen LogP contribution in [-0.2, 0) is 0 Å². The topological polar surface area (TPSA) is 36.1 Å². The third kappa shape index (κ3) is 2.71. The fraction of sp³-hybridized carbons (Fsp3) is 0.200. The van der Waals surface area contributed by atoms with Crippen molar-refractivity contribution in [1.29, 1.82) is 5.26 Å². The summed E-state index contributed by atoms with van der Waals surface area (Å²) in [5.74, 6) is 0. The molecule has 2 heteroatoms. The summed E-state index contributed by atoms with van der Waals surface area (Å²) in [6.45, 7) is 3.35. The van der Waals surface area contributed by atoms with Crippen LogP contribution in [0.2, 0.25) is 0 Å². The van der Waals surface area contributed by atoms with Crippen LogP contribution < -0.4 is 0 Å². The smallest absolute Gasteiger partial charge is 0.100 e. The molecule has 0 bridgehead atoms. The Morgan fingerprint density at radius 2 is 2.57 bits per heavy atom. The van der Waals surface area contributed by atoms with Crippen molar-refractivity contribution in [3.05, 3.63) is 12.2 Å². The van der Waals surface area contributed by atoms with E-state index in [9.17, 15) is 0 Å². The Bertz CT molecular complexity index is 128. The predicted molar refractivity (Wildman–Crippen MR) is 29.2 cm³/mol. The SMILES string of the molecule is C=C(C#N)C=NC. The van der Waals surface area contributed by atoms with Gasteiger partial charge in [0.1, 0.15) is 6.07 Å². The van der Waals surface area contributed by atoms with Crippen LogP contribution in [0.15, 0.2) is 17.1 Å². The van der Waals surface area contributed by atoms with Crippen LogP contribution in [0.25, 0.3) is 0 Å². The average Bonchev–Trinajstić information content (AvgIpc) is 1.68. The summed E-state index contributed by atoms with van der Waals surface area (Å²) in [6, 6.07) is 1.82. The molecule has 0 unspecified atom stereocenters. The minimum absolute atomic E-state index is 0.391. The number of allylic oxidation sites excluding steroid dienone is 1. The molecule has 0 N–H and O–H groups in total. The predicted octanol–water partition coefficient (Wildman–Crippen LogP) is 0.767. The van der Waals surface area contributed by atoms with Crippen LogP contribution in [0, 0.1) is 11.3 Å². The van der Waals surface area contributed by atoms with Gasteiger partial charge in [0, 0.05) is 13.3 Å². The minimum atomic E-state index is 0.391. The van der Waals surface area contributed by atoms with Gasteiger partial charge >= 0.3 is 0 Å². The maximum Gasteiger partial charge on any atom is 0.100 e. The lowest BCUT2D eigenvalue weighted by atomic mass is 10.4. The lowest BCUT2D eigenvalue weighted by Crippen LogP contribution is -1.72. The van der Waals surface area contributed by atoms with Crippen LogP contribution >= 0.6 is 0 Å². The molecule has 2 nitrogen and oxygen atoms in total. The standard InChI is InChI=1S/C5H6N2/c1-5(3-6)4-7-2/h4H,1H2,2H3. The third-order valence-corrected chi connectivity index (χ3v) is 0.429. The molecule has 0 radical (unpaired) electrons. The van der Waals surface area contributed by atoms with Crippen molar-refractivity contribution in [3.8, 4) is 6.07 Å². The highest BCUT2D eigenvalue weighted by Crippen LogP contribution is 1.75. The van der Waals surface area contributed by atoms with E-state index in [2.05, 4.69) is 11.6 Å². The van der Waals surface area contributed by atoms with Crippen molar-refractivity contribution in [2.24, 2.45) is 4.99 Å². The van der Waals surface area contributed by atoms with Gasteiger partial charge in [0.2, 0.25) is 0 Å². The number of aliphatic imine (C=N–C) groups is 1. The molecule has 0 spiro atoms. The van der Waals surface area contributed by atoms with E-state index in [1.807, 2.05) is 6.07 Å². The summed E-state index contributed by atoms with van der Waals surface area (Å²) >= 11 is 0. The van der Waals surface area contributed by atoms with Crippen LogP contribution in [0.4, 0.5) is 0 Å². The van der Waals surface area contributed by atoms with E-state index in [0.717, 1.165) is 0 Å². The fourth-order valence-corrected chi connectivity index (χ4v) is 0.185. The van der Waals surface area contributed by atoms with Crippen molar-refractivity contribution in [2.75, 3.05) is 7.05 Å². The summed E-state index contributed by atoms with van der Waals surface area (Å²) in [7, 11) is 1.60. The summed E-state index contributed by atoms with van der Waals surface area (Å²) in [6.07, 6.45) is 1.42. The lowest BCUT2D eigenvalue weighted by Gasteiger charge is -1.72. The van der Waals surface area contributed by atoms with E-state index in [1.165, 1.54) is 6.21 Å². The second-order valence-electron chi connectivity index (χ2n) is 1.02. The van der Waals surface area contributed by atoms with Crippen molar-refractivity contribution < 1.29 is 0 Å². The fourth-order valence-electron chi connectivity index (χ4n) is 0.185. The molecule has 0 heterocycles. The first-order valence-electron chi connectivity index (χ1n) is 1.82. The summed E-state index contributed by atoms with van der Waals surface area (Å²) < 4.78 is 0. The molecule has 0 aromatic rings. The monoisotopic (exact) mass is 94.1 g/mol. The van der Waals surface area contributed by atoms with Gasteiger partial charge in [-0.1, -0.05) is 6.58 Å². The molecule has 7 heavy (non-hydrogen) atoms. The molecule has 0 saturated heterocycles. The Morgan fingerprint density at radius 3 is 2.71 bits per heavy atom. The van der Waals surface area contributed by atoms with E-state index in [0.29, 0.717) is 5.57 Å². The Hall–Kier alpha value is -1.10. The molecular weight excluding hydrogens is 88.1 g/mol. The summed E-state index contributed by atoms with van der Waals surface area (Å²) in [5, 5.41) is 8.03. The van der Waals surface area contributed by atoms with E-state index in [1.54, 1.807) is 7.05 Å². The number of rotatable bonds is 1. The Morgan fingerprint density at radius 1 is 2.00 bits per heavy atom. The second-order valence-corrected chi connectivity index (χ2v) is 1.02. The molecule has 0 aliphatic carbocycles. The maximum atomic E-state index is 8.03. The Balaban J connectivity index is 3.66. The molecule has 0 saturated carbocycles. The number of nitriles is 1. The van der Waals surface area contributed by atoms with Gasteiger partial charge in [-0.25, -0.2) is 0 Å². The van der Waals surface area contributed by atoms with Crippen LogP contribution in [0.1, 0.15) is 0 Å². The molecule has 0 aliphatic heterocycles. The highest BCUT2D eigenvalue weighted by atomic mass is 14.6. The number of hydrogen-bond acceptors (Lipinski definition) is 2. The largest absolute Gasteiger partial charge is 0.295 e. The van der Waals surface area contributed by atoms with Crippen LogP contribution in [0.3, 0.4) is 0 Å². The zero-order chi connectivity index (χ0) is 5.70. The van der Waals surface area contributed by atoms with E-state index in [-0.39, 0.29) is 0 Å². The molecule has 0 fully saturated rings. The van der Waals surface area contributed by atoms with E-state index in [4.69, 9.17) is 5.26 Å². The van der Waals surface area contributed by atoms with Crippen LogP contribution in [-0.4, -0.2) is 13.3 Å². The third-order valence-electron chi connectivity index (χ3n) is 0.429. The molecular formula is C5H6N2. The molecule has 0 atom stereocenters. The van der Waals surface area contributed by atoms with Crippen molar-refractivity contribution >= 4 is 6.21 Å². The minimum Gasteiger partial charge on any atom is -0.295 e. The Kier molecular flexibility index (Phi) is 2.62. The molecule has 0 aliphatic rings. The van der Waals surface area contributed by atoms with Gasteiger partial charge in [-0.05, 0) is 0 Å². The van der Waals surface area contributed by atoms with Crippen LogP contribution in [0.5, 0.6) is 0 Å². The maximum absolute atomic E-state index is 8.03. The molecule has 0 rings (SSSR count). The van der Waals surface area contributed by atoms with Gasteiger partial charge in [0.25, 0.3) is 0 Å². The van der Waals surface area contributed by atoms with Crippen molar-refractivity contribution in [1.82, 2.24) is 0 Å². The first kappa shape index (κ1) is 5.90. The quantitative estimate of drug-likeness (QED) is 0.349. The first-order valence-corrected chi connectivity index (χ1v) is 1.82. The first-order chi connectivity index (χ1) is 3.31. The molecule has 0 aromatic heterocycles. The molecule has 36 valence electrons. The summed E-state index contributed by atoms with van der Waals surface area (Å²) in [4.78, 5) is 3.56. The highest BCUT2D eigenvalue weighted by molar-refractivity contribution is 5.82. The van der Waals surface area contributed by atoms with Crippen molar-refractivity contribution in [2.45, 2.75) is 0 Å². The van der Waals surface area contributed by atoms with Gasteiger partial charge < -0.3 is 0 Å². The molecule has 0 aromatic carbocycles. The normalized spacial score (nSPS) is 8.57. The average molecular weight is 94.1 g/mol. The summed E-state index contributed by atoms with van der Waals surface area (Å²) in [5.41, 5.74) is 0.391.